The van der Waals surface area contributed by atoms with E-state index in [2.05, 4.69) is 13.8 Å². The molecule has 0 aromatic carbocycles. The molecule has 0 aliphatic rings. The van der Waals surface area contributed by atoms with Crippen molar-refractivity contribution in [3.05, 3.63) is 0 Å². The first kappa shape index (κ1) is 27.3. The third-order valence-corrected chi connectivity index (χ3v) is 9.41. The van der Waals surface area contributed by atoms with Gasteiger partial charge in [-0.2, -0.15) is 0 Å². The molecule has 0 rings (SSSR count). The van der Waals surface area contributed by atoms with Crippen molar-refractivity contribution in [1.29, 1.82) is 0 Å². The van der Waals surface area contributed by atoms with E-state index in [1.165, 1.54) is 0 Å². The zero-order valence-corrected chi connectivity index (χ0v) is 19.1. The van der Waals surface area contributed by atoms with E-state index >= 15 is 0 Å². The summed E-state index contributed by atoms with van der Waals surface area (Å²) in [5, 5.41) is 0. The van der Waals surface area contributed by atoms with Crippen molar-refractivity contribution in [1.82, 2.24) is 0 Å². The molecule has 10 heteroatoms. The predicted molar refractivity (Wildman–Crippen MR) is 104 cm³/mol. The maximum absolute atomic E-state index is 5.38. The molecule has 154 valence electrons. The lowest BCUT2D eigenvalue weighted by atomic mass is 10.2. The minimum absolute atomic E-state index is 0.159. The standard InChI is InChI=1S/C8H21NO3Si.C7H19NO3Si/c1-8(2)5-6-13(10-3,11-4)12-7-9;1-9-12(10-2,11-3)7-5-4-6-8/h8H,5-7,9H2,1-4H3;4-8H2,1-3H3. The minimum atomic E-state index is -2.43. The monoisotopic (exact) mass is 400 g/mol. The maximum atomic E-state index is 5.38. The van der Waals surface area contributed by atoms with E-state index < -0.39 is 17.6 Å². The van der Waals surface area contributed by atoms with Gasteiger partial charge in [0.05, 0.1) is 6.73 Å². The first-order valence-corrected chi connectivity index (χ1v) is 12.5. The Kier molecular flexibility index (Phi) is 17.8. The lowest BCUT2D eigenvalue weighted by Crippen LogP contribution is -2.45. The zero-order valence-electron chi connectivity index (χ0n) is 17.1. The Balaban J connectivity index is 0. The first-order chi connectivity index (χ1) is 11.8. The van der Waals surface area contributed by atoms with Gasteiger partial charge in [0.25, 0.3) is 0 Å². The second-order valence-electron chi connectivity index (χ2n) is 5.88. The van der Waals surface area contributed by atoms with Crippen LogP contribution in [0.25, 0.3) is 0 Å². The molecule has 0 aliphatic carbocycles. The quantitative estimate of drug-likeness (QED) is 0.258. The molecule has 0 atom stereocenters. The summed E-state index contributed by atoms with van der Waals surface area (Å²) in [6.07, 6.45) is 3.02. The Morgan fingerprint density at radius 3 is 1.52 bits per heavy atom. The highest BCUT2D eigenvalue weighted by molar-refractivity contribution is 6.60. The van der Waals surface area contributed by atoms with Gasteiger partial charge in [-0.25, -0.2) is 0 Å². The van der Waals surface area contributed by atoms with Crippen molar-refractivity contribution >= 4 is 17.6 Å². The van der Waals surface area contributed by atoms with E-state index in [1.807, 2.05) is 0 Å². The largest absolute Gasteiger partial charge is 0.501 e. The van der Waals surface area contributed by atoms with Gasteiger partial charge in [0.1, 0.15) is 0 Å². The minimum Gasteiger partial charge on any atom is -0.377 e. The second kappa shape index (κ2) is 16.3. The summed E-state index contributed by atoms with van der Waals surface area (Å²) in [5.41, 5.74) is 10.7. The van der Waals surface area contributed by atoms with Crippen molar-refractivity contribution in [2.45, 2.75) is 45.2 Å². The van der Waals surface area contributed by atoms with E-state index in [0.29, 0.717) is 12.5 Å². The third kappa shape index (κ3) is 12.2. The summed E-state index contributed by atoms with van der Waals surface area (Å²) in [4.78, 5) is 0. The van der Waals surface area contributed by atoms with Crippen LogP contribution < -0.4 is 11.5 Å². The maximum Gasteiger partial charge on any atom is 0.501 e. The van der Waals surface area contributed by atoms with Crippen LogP contribution in [0.5, 0.6) is 0 Å². The zero-order chi connectivity index (χ0) is 19.8. The summed E-state index contributed by atoms with van der Waals surface area (Å²) in [6.45, 7) is 5.19. The smallest absolute Gasteiger partial charge is 0.377 e. The number of hydrogen-bond donors (Lipinski definition) is 2. The predicted octanol–water partition coefficient (Wildman–Crippen LogP) is 1.80. The molecule has 0 fully saturated rings. The van der Waals surface area contributed by atoms with Crippen LogP contribution in [0.2, 0.25) is 12.1 Å². The number of nitrogens with two attached hydrogens (primary N) is 2. The molecule has 0 spiro atoms. The van der Waals surface area contributed by atoms with Gasteiger partial charge in [-0.05, 0) is 31.7 Å². The molecule has 0 aromatic heterocycles. The Morgan fingerprint density at radius 2 is 1.20 bits per heavy atom. The Bertz CT molecular complexity index is 285. The van der Waals surface area contributed by atoms with Gasteiger partial charge in [-0.1, -0.05) is 13.8 Å². The molecule has 0 radical (unpaired) electrons. The molecule has 0 aromatic rings. The molecule has 4 N–H and O–H groups in total. The average molecular weight is 401 g/mol. The molecular weight excluding hydrogens is 360 g/mol. The highest BCUT2D eigenvalue weighted by Crippen LogP contribution is 2.18. The van der Waals surface area contributed by atoms with E-state index in [0.717, 1.165) is 31.4 Å². The number of rotatable bonds is 14. The lowest BCUT2D eigenvalue weighted by molar-refractivity contribution is 0.0993. The van der Waals surface area contributed by atoms with Crippen molar-refractivity contribution in [2.24, 2.45) is 17.4 Å². The Hall–Kier alpha value is 0.114. The van der Waals surface area contributed by atoms with Crippen LogP contribution in [0.1, 0.15) is 33.1 Å². The number of unbranched alkanes of at least 4 members (excludes halogenated alkanes) is 1. The summed E-state index contributed by atoms with van der Waals surface area (Å²) >= 11 is 0. The molecule has 8 nitrogen and oxygen atoms in total. The molecule has 0 bridgehead atoms. The van der Waals surface area contributed by atoms with E-state index in [-0.39, 0.29) is 6.73 Å². The van der Waals surface area contributed by atoms with Crippen LogP contribution in [0.15, 0.2) is 0 Å². The molecule has 0 heterocycles. The van der Waals surface area contributed by atoms with Crippen LogP contribution in [-0.2, 0) is 26.6 Å². The molecular formula is C15H40N2O6Si2. The summed E-state index contributed by atoms with van der Waals surface area (Å²) in [7, 11) is 3.37. The van der Waals surface area contributed by atoms with Crippen LogP contribution >= 0.6 is 0 Å². The van der Waals surface area contributed by atoms with Gasteiger partial charge in [-0.15, -0.1) is 0 Å². The average Bonchev–Trinajstić information content (AvgIpc) is 2.63. The van der Waals surface area contributed by atoms with Crippen molar-refractivity contribution in [3.63, 3.8) is 0 Å². The third-order valence-electron chi connectivity index (χ3n) is 3.82. The second-order valence-corrected chi connectivity index (χ2v) is 11.9. The summed E-state index contributed by atoms with van der Waals surface area (Å²) in [5.74, 6) is 0.624. The van der Waals surface area contributed by atoms with Gasteiger partial charge in [-0.3, -0.25) is 0 Å². The normalized spacial score (nSPS) is 12.2. The first-order valence-electron chi connectivity index (χ1n) is 8.64. The van der Waals surface area contributed by atoms with Crippen molar-refractivity contribution in [2.75, 3.05) is 48.8 Å². The SMILES string of the molecule is CO[Si](CCC(C)C)(OC)OCN.CO[Si](CCCCN)(OC)OC. The molecule has 0 saturated heterocycles. The van der Waals surface area contributed by atoms with Crippen LogP contribution in [0, 0.1) is 5.92 Å². The Labute approximate surface area is 156 Å². The topological polar surface area (TPSA) is 107 Å². The molecule has 0 amide bonds. The van der Waals surface area contributed by atoms with Gasteiger partial charge in [0, 0.05) is 47.6 Å². The van der Waals surface area contributed by atoms with Gasteiger partial charge >= 0.3 is 17.6 Å². The van der Waals surface area contributed by atoms with Crippen molar-refractivity contribution in [3.8, 4) is 0 Å². The van der Waals surface area contributed by atoms with Crippen LogP contribution in [0.3, 0.4) is 0 Å². The molecule has 0 aliphatic heterocycles. The fourth-order valence-electron chi connectivity index (χ4n) is 2.11. The fourth-order valence-corrected chi connectivity index (χ4v) is 6.05. The Morgan fingerprint density at radius 1 is 0.720 bits per heavy atom. The van der Waals surface area contributed by atoms with Crippen LogP contribution in [-0.4, -0.2) is 66.4 Å². The number of hydrogen-bond acceptors (Lipinski definition) is 8. The molecule has 0 saturated carbocycles. The summed E-state index contributed by atoms with van der Waals surface area (Å²) < 4.78 is 31.6. The lowest BCUT2D eigenvalue weighted by Gasteiger charge is -2.26. The summed E-state index contributed by atoms with van der Waals surface area (Å²) in [6, 6.07) is 1.67. The highest BCUT2D eigenvalue weighted by atomic mass is 28.4. The van der Waals surface area contributed by atoms with Gasteiger partial charge in [0.2, 0.25) is 0 Å². The fraction of sp³-hybridized carbons (Fsp3) is 1.00. The van der Waals surface area contributed by atoms with Crippen LogP contribution in [0.4, 0.5) is 0 Å². The molecule has 0 unspecified atom stereocenters. The van der Waals surface area contributed by atoms with Crippen molar-refractivity contribution < 1.29 is 26.6 Å². The van der Waals surface area contributed by atoms with Gasteiger partial charge in [0.15, 0.2) is 0 Å². The molecule has 25 heavy (non-hydrogen) atoms. The van der Waals surface area contributed by atoms with Gasteiger partial charge < -0.3 is 38.0 Å². The highest BCUT2D eigenvalue weighted by Gasteiger charge is 2.38. The van der Waals surface area contributed by atoms with E-state index in [4.69, 9.17) is 38.0 Å². The van der Waals surface area contributed by atoms with E-state index in [1.54, 1.807) is 35.5 Å². The van der Waals surface area contributed by atoms with E-state index in [9.17, 15) is 0 Å².